The van der Waals surface area contributed by atoms with E-state index in [2.05, 4.69) is 0 Å². The van der Waals surface area contributed by atoms with Crippen molar-refractivity contribution in [2.75, 3.05) is 6.61 Å². The van der Waals surface area contributed by atoms with Crippen LogP contribution >= 0.6 is 11.6 Å². The normalized spacial score (nSPS) is 13.2. The number of halogens is 1. The molecule has 0 saturated carbocycles. The van der Waals surface area contributed by atoms with E-state index >= 15 is 0 Å². The van der Waals surface area contributed by atoms with Crippen LogP contribution in [0.3, 0.4) is 0 Å². The Balaban J connectivity index is 2.36. The topological polar surface area (TPSA) is 63.6 Å². The Morgan fingerprint density at radius 3 is 2.19 bits per heavy atom. The summed E-state index contributed by atoms with van der Waals surface area (Å²) in [4.78, 5) is 22.8. The smallest absolute Gasteiger partial charge is 0.335 e. The third-order valence-corrected chi connectivity index (χ3v) is 4.52. The Hall–Kier alpha value is -2.17. The molecule has 0 spiro atoms. The zero-order valence-corrected chi connectivity index (χ0v) is 15.7. The van der Waals surface area contributed by atoms with Gasteiger partial charge in [-0.25, -0.2) is 4.79 Å². The number of Topliss-reactive ketones (excluding diaryl/α,β-unsaturated/α-hetero) is 1. The molecule has 0 radical (unpaired) electrons. The molecule has 0 aromatic heterocycles. The lowest BCUT2D eigenvalue weighted by Gasteiger charge is -2.27. The number of hydrogen-bond acceptors (Lipinski definition) is 3. The molecule has 0 amide bonds. The highest BCUT2D eigenvalue weighted by atomic mass is 35.5. The van der Waals surface area contributed by atoms with Crippen LogP contribution in [-0.4, -0.2) is 29.6 Å². The number of rotatable bonds is 9. The number of hydrogen-bond donors (Lipinski definition) is 1. The molecule has 2 atom stereocenters. The minimum atomic E-state index is -0.962. The standard InChI is InChI=1S/C21H23ClO4/c1-3-26-20(12-14(2)23)19(13-15-4-10-18(22)11-5-15)16-6-8-17(9-7-16)21(24)25/h4-11,19-20H,3,12-13H2,1-2H3,(H,24,25)/t19?,20-/m1/s1. The van der Waals surface area contributed by atoms with Crippen molar-refractivity contribution >= 4 is 23.4 Å². The average Bonchev–Trinajstić information content (AvgIpc) is 2.60. The number of ether oxygens (including phenoxy) is 1. The fraction of sp³-hybridized carbons (Fsp3) is 0.333. The van der Waals surface area contributed by atoms with Crippen LogP contribution in [0.2, 0.25) is 5.02 Å². The summed E-state index contributed by atoms with van der Waals surface area (Å²) in [5, 5.41) is 9.77. The van der Waals surface area contributed by atoms with Crippen LogP contribution in [0, 0.1) is 0 Å². The summed E-state index contributed by atoms with van der Waals surface area (Å²) in [5.74, 6) is -0.967. The van der Waals surface area contributed by atoms with E-state index in [-0.39, 0.29) is 23.4 Å². The molecule has 26 heavy (non-hydrogen) atoms. The average molecular weight is 375 g/mol. The Morgan fingerprint density at radius 1 is 1.08 bits per heavy atom. The minimum absolute atomic E-state index is 0.0618. The number of ketones is 1. The van der Waals surface area contributed by atoms with Gasteiger partial charge in [0, 0.05) is 24.0 Å². The van der Waals surface area contributed by atoms with Crippen molar-refractivity contribution in [2.24, 2.45) is 0 Å². The molecule has 5 heteroatoms. The van der Waals surface area contributed by atoms with Crippen LogP contribution in [0.4, 0.5) is 0 Å². The number of carbonyl (C=O) groups excluding carboxylic acids is 1. The quantitative estimate of drug-likeness (QED) is 0.688. The van der Waals surface area contributed by atoms with Crippen molar-refractivity contribution in [1.82, 2.24) is 0 Å². The van der Waals surface area contributed by atoms with E-state index in [1.165, 1.54) is 0 Å². The van der Waals surface area contributed by atoms with Crippen molar-refractivity contribution < 1.29 is 19.4 Å². The second-order valence-corrected chi connectivity index (χ2v) is 6.70. The first kappa shape index (κ1) is 20.1. The molecule has 0 bridgehead atoms. The van der Waals surface area contributed by atoms with E-state index in [9.17, 15) is 9.59 Å². The van der Waals surface area contributed by atoms with Crippen molar-refractivity contribution in [3.63, 3.8) is 0 Å². The van der Waals surface area contributed by atoms with Crippen LogP contribution in [0.5, 0.6) is 0 Å². The summed E-state index contributed by atoms with van der Waals surface area (Å²) >= 11 is 5.97. The molecule has 0 saturated heterocycles. The van der Waals surface area contributed by atoms with Crippen molar-refractivity contribution in [3.05, 3.63) is 70.2 Å². The summed E-state index contributed by atoms with van der Waals surface area (Å²) in [6.45, 7) is 3.96. The van der Waals surface area contributed by atoms with Gasteiger partial charge in [0.15, 0.2) is 0 Å². The van der Waals surface area contributed by atoms with E-state index in [1.807, 2.05) is 31.2 Å². The second kappa shape index (κ2) is 9.51. The Morgan fingerprint density at radius 2 is 1.69 bits per heavy atom. The maximum atomic E-state index is 11.7. The SMILES string of the molecule is CCO[C@H](CC(C)=O)C(Cc1ccc(Cl)cc1)c1ccc(C(=O)O)cc1. The predicted molar refractivity (Wildman–Crippen MR) is 102 cm³/mol. The molecule has 1 unspecified atom stereocenters. The second-order valence-electron chi connectivity index (χ2n) is 6.26. The lowest BCUT2D eigenvalue weighted by molar-refractivity contribution is -0.120. The van der Waals surface area contributed by atoms with Gasteiger partial charge in [0.05, 0.1) is 11.7 Å². The first-order valence-electron chi connectivity index (χ1n) is 8.59. The molecule has 0 fully saturated rings. The van der Waals surface area contributed by atoms with Crippen molar-refractivity contribution in [3.8, 4) is 0 Å². The maximum absolute atomic E-state index is 11.7. The van der Waals surface area contributed by atoms with Gasteiger partial charge in [-0.2, -0.15) is 0 Å². The van der Waals surface area contributed by atoms with Gasteiger partial charge >= 0.3 is 5.97 Å². The number of benzene rings is 2. The van der Waals surface area contributed by atoms with Gasteiger partial charge in [-0.15, -0.1) is 0 Å². The molecular formula is C21H23ClO4. The van der Waals surface area contributed by atoms with Crippen LogP contribution in [0.1, 0.15) is 47.7 Å². The number of carboxylic acid groups (broad SMARTS) is 1. The molecule has 0 aliphatic rings. The summed E-state index contributed by atoms with van der Waals surface area (Å²) in [6, 6.07) is 14.4. The molecule has 2 rings (SSSR count). The molecule has 2 aromatic carbocycles. The van der Waals surface area contributed by atoms with Gasteiger partial charge in [-0.05, 0) is 55.7 Å². The van der Waals surface area contributed by atoms with Crippen molar-refractivity contribution in [1.29, 1.82) is 0 Å². The lowest BCUT2D eigenvalue weighted by atomic mass is 9.85. The summed E-state index contributed by atoms with van der Waals surface area (Å²) in [7, 11) is 0. The predicted octanol–water partition coefficient (Wildman–Crippen LogP) is 4.75. The van der Waals surface area contributed by atoms with Crippen LogP contribution in [0.15, 0.2) is 48.5 Å². The molecule has 138 valence electrons. The number of carbonyl (C=O) groups is 2. The molecule has 0 aliphatic heterocycles. The molecule has 4 nitrogen and oxygen atoms in total. The third-order valence-electron chi connectivity index (χ3n) is 4.27. The van der Waals surface area contributed by atoms with E-state index in [4.69, 9.17) is 21.4 Å². The van der Waals surface area contributed by atoms with Crippen LogP contribution in [-0.2, 0) is 16.0 Å². The molecule has 1 N–H and O–H groups in total. The van der Waals surface area contributed by atoms with Crippen LogP contribution in [0.25, 0.3) is 0 Å². The van der Waals surface area contributed by atoms with Crippen LogP contribution < -0.4 is 0 Å². The van der Waals surface area contributed by atoms with Gasteiger partial charge in [0.2, 0.25) is 0 Å². The zero-order chi connectivity index (χ0) is 19.1. The van der Waals surface area contributed by atoms with Gasteiger partial charge < -0.3 is 9.84 Å². The Bertz CT molecular complexity index is 738. The summed E-state index contributed by atoms with van der Waals surface area (Å²) in [6.07, 6.45) is 0.706. The highest BCUT2D eigenvalue weighted by Gasteiger charge is 2.26. The lowest BCUT2D eigenvalue weighted by Crippen LogP contribution is -2.27. The molecule has 0 aliphatic carbocycles. The first-order valence-corrected chi connectivity index (χ1v) is 8.97. The summed E-state index contributed by atoms with van der Waals surface area (Å²) < 4.78 is 5.88. The monoisotopic (exact) mass is 374 g/mol. The highest BCUT2D eigenvalue weighted by molar-refractivity contribution is 6.30. The zero-order valence-electron chi connectivity index (χ0n) is 14.9. The minimum Gasteiger partial charge on any atom is -0.478 e. The molecular weight excluding hydrogens is 352 g/mol. The van der Waals surface area contributed by atoms with Gasteiger partial charge in [-0.3, -0.25) is 4.79 Å². The van der Waals surface area contributed by atoms with E-state index in [0.717, 1.165) is 11.1 Å². The van der Waals surface area contributed by atoms with Crippen molar-refractivity contribution in [2.45, 2.75) is 38.7 Å². The fourth-order valence-corrected chi connectivity index (χ4v) is 3.15. The number of carboxylic acids is 1. The summed E-state index contributed by atoms with van der Waals surface area (Å²) in [5.41, 5.74) is 2.26. The Labute approximate surface area is 158 Å². The largest absolute Gasteiger partial charge is 0.478 e. The number of aromatic carboxylic acids is 1. The third kappa shape index (κ3) is 5.68. The fourth-order valence-electron chi connectivity index (χ4n) is 3.03. The molecule has 2 aromatic rings. The molecule has 0 heterocycles. The Kier molecular flexibility index (Phi) is 7.37. The first-order chi connectivity index (χ1) is 12.4. The maximum Gasteiger partial charge on any atom is 0.335 e. The highest BCUT2D eigenvalue weighted by Crippen LogP contribution is 2.29. The van der Waals surface area contributed by atoms with E-state index < -0.39 is 5.97 Å². The van der Waals surface area contributed by atoms with Gasteiger partial charge in [0.1, 0.15) is 5.78 Å². The van der Waals surface area contributed by atoms with E-state index in [0.29, 0.717) is 24.5 Å². The van der Waals surface area contributed by atoms with Gasteiger partial charge in [0.25, 0.3) is 0 Å². The van der Waals surface area contributed by atoms with Gasteiger partial charge in [-0.1, -0.05) is 35.9 Å². The van der Waals surface area contributed by atoms with E-state index in [1.54, 1.807) is 31.2 Å².